The highest BCUT2D eigenvalue weighted by atomic mass is 16.5. The van der Waals surface area contributed by atoms with Crippen molar-refractivity contribution in [1.29, 1.82) is 0 Å². The van der Waals surface area contributed by atoms with Gasteiger partial charge in [0, 0.05) is 24.4 Å². The van der Waals surface area contributed by atoms with Crippen LogP contribution in [0.15, 0.2) is 0 Å². The standard InChI is InChI=1S/C16H29N3O/c1-5-10-17-11-7-8-15-13(3)18-16(19-14(15)4)9-12-20-6-2/h17H,5-12H2,1-4H3. The minimum atomic E-state index is 0.704. The van der Waals surface area contributed by atoms with E-state index in [-0.39, 0.29) is 0 Å². The molecule has 0 saturated carbocycles. The van der Waals surface area contributed by atoms with Crippen molar-refractivity contribution < 1.29 is 4.74 Å². The van der Waals surface area contributed by atoms with E-state index in [1.165, 1.54) is 12.0 Å². The Bertz CT molecular complexity index is 370. The Hall–Kier alpha value is -1.00. The van der Waals surface area contributed by atoms with Gasteiger partial charge in [-0.25, -0.2) is 9.97 Å². The van der Waals surface area contributed by atoms with Crippen LogP contribution in [0.1, 0.15) is 49.5 Å². The Labute approximate surface area is 123 Å². The molecule has 0 fully saturated rings. The van der Waals surface area contributed by atoms with Gasteiger partial charge in [0.05, 0.1) is 6.61 Å². The summed E-state index contributed by atoms with van der Waals surface area (Å²) < 4.78 is 5.36. The van der Waals surface area contributed by atoms with E-state index in [4.69, 9.17) is 4.74 Å². The molecule has 0 aliphatic rings. The molecule has 1 heterocycles. The Balaban J connectivity index is 2.51. The van der Waals surface area contributed by atoms with Crippen molar-refractivity contribution in [3.05, 3.63) is 22.8 Å². The molecule has 0 aliphatic heterocycles. The van der Waals surface area contributed by atoms with Crippen molar-refractivity contribution in [2.75, 3.05) is 26.3 Å². The largest absolute Gasteiger partial charge is 0.381 e. The zero-order chi connectivity index (χ0) is 14.8. The number of ether oxygens (including phenoxy) is 1. The minimum Gasteiger partial charge on any atom is -0.381 e. The van der Waals surface area contributed by atoms with Gasteiger partial charge in [0.25, 0.3) is 0 Å². The van der Waals surface area contributed by atoms with Crippen molar-refractivity contribution in [2.45, 2.75) is 53.4 Å². The molecule has 0 atom stereocenters. The van der Waals surface area contributed by atoms with Crippen LogP contribution >= 0.6 is 0 Å². The molecule has 0 amide bonds. The number of rotatable bonds is 10. The molecule has 0 aliphatic carbocycles. The van der Waals surface area contributed by atoms with Gasteiger partial charge in [-0.2, -0.15) is 0 Å². The molecule has 0 spiro atoms. The van der Waals surface area contributed by atoms with Gasteiger partial charge in [-0.1, -0.05) is 6.92 Å². The maximum absolute atomic E-state index is 5.36. The van der Waals surface area contributed by atoms with Gasteiger partial charge in [-0.3, -0.25) is 0 Å². The lowest BCUT2D eigenvalue weighted by atomic mass is 10.1. The summed E-state index contributed by atoms with van der Waals surface area (Å²) >= 11 is 0. The van der Waals surface area contributed by atoms with Crippen molar-refractivity contribution in [3.63, 3.8) is 0 Å². The first-order chi connectivity index (χ1) is 9.69. The van der Waals surface area contributed by atoms with Crippen LogP contribution in [-0.4, -0.2) is 36.3 Å². The smallest absolute Gasteiger partial charge is 0.131 e. The maximum atomic E-state index is 5.36. The first-order valence-electron chi connectivity index (χ1n) is 7.80. The molecule has 1 aromatic rings. The van der Waals surface area contributed by atoms with E-state index in [0.717, 1.165) is 56.2 Å². The Morgan fingerprint density at radius 3 is 2.30 bits per heavy atom. The summed E-state index contributed by atoms with van der Waals surface area (Å²) in [6.45, 7) is 12.0. The summed E-state index contributed by atoms with van der Waals surface area (Å²) in [6, 6.07) is 0. The lowest BCUT2D eigenvalue weighted by Crippen LogP contribution is -2.17. The van der Waals surface area contributed by atoms with Crippen LogP contribution in [-0.2, 0) is 17.6 Å². The molecule has 114 valence electrons. The number of aryl methyl sites for hydroxylation is 2. The molecule has 20 heavy (non-hydrogen) atoms. The van der Waals surface area contributed by atoms with Gasteiger partial charge >= 0.3 is 0 Å². The third-order valence-electron chi connectivity index (χ3n) is 3.35. The molecule has 4 heteroatoms. The van der Waals surface area contributed by atoms with Gasteiger partial charge in [0.2, 0.25) is 0 Å². The van der Waals surface area contributed by atoms with Gasteiger partial charge in [0.1, 0.15) is 5.82 Å². The predicted octanol–water partition coefficient (Wildman–Crippen LogP) is 2.60. The van der Waals surface area contributed by atoms with Crippen LogP contribution < -0.4 is 5.32 Å². The van der Waals surface area contributed by atoms with Crippen molar-refractivity contribution >= 4 is 0 Å². The SMILES string of the molecule is CCCNCCCc1c(C)nc(CCOCC)nc1C. The Morgan fingerprint density at radius 2 is 1.70 bits per heavy atom. The Morgan fingerprint density at radius 1 is 1.00 bits per heavy atom. The number of hydrogen-bond acceptors (Lipinski definition) is 4. The molecule has 4 nitrogen and oxygen atoms in total. The third kappa shape index (κ3) is 5.97. The summed E-state index contributed by atoms with van der Waals surface area (Å²) in [4.78, 5) is 9.22. The number of nitrogens with zero attached hydrogens (tertiary/aromatic N) is 2. The second-order valence-corrected chi connectivity index (χ2v) is 5.09. The van der Waals surface area contributed by atoms with Crippen molar-refractivity contribution in [1.82, 2.24) is 15.3 Å². The second kappa shape index (κ2) is 9.83. The van der Waals surface area contributed by atoms with E-state index in [0.29, 0.717) is 6.61 Å². The highest BCUT2D eigenvalue weighted by molar-refractivity contribution is 5.24. The first-order valence-corrected chi connectivity index (χ1v) is 7.80. The van der Waals surface area contributed by atoms with Crippen LogP contribution in [0, 0.1) is 13.8 Å². The Kier molecular flexibility index (Phi) is 8.38. The molecule has 1 aromatic heterocycles. The van der Waals surface area contributed by atoms with E-state index in [2.05, 4.69) is 36.1 Å². The lowest BCUT2D eigenvalue weighted by Gasteiger charge is -2.11. The minimum absolute atomic E-state index is 0.704. The molecule has 1 N–H and O–H groups in total. The summed E-state index contributed by atoms with van der Waals surface area (Å²) in [5.41, 5.74) is 3.56. The molecule has 0 aromatic carbocycles. The normalized spacial score (nSPS) is 11.0. The van der Waals surface area contributed by atoms with Gasteiger partial charge < -0.3 is 10.1 Å². The van der Waals surface area contributed by atoms with E-state index < -0.39 is 0 Å². The number of hydrogen-bond donors (Lipinski definition) is 1. The fraction of sp³-hybridized carbons (Fsp3) is 0.750. The molecule has 0 saturated heterocycles. The van der Waals surface area contributed by atoms with Gasteiger partial charge in [-0.15, -0.1) is 0 Å². The van der Waals surface area contributed by atoms with E-state index >= 15 is 0 Å². The molecule has 0 unspecified atom stereocenters. The average Bonchev–Trinajstić information content (AvgIpc) is 2.41. The van der Waals surface area contributed by atoms with Crippen LogP contribution in [0.3, 0.4) is 0 Å². The predicted molar refractivity (Wildman–Crippen MR) is 83.2 cm³/mol. The molecular formula is C16H29N3O. The highest BCUT2D eigenvalue weighted by Gasteiger charge is 2.08. The van der Waals surface area contributed by atoms with E-state index in [1.54, 1.807) is 0 Å². The van der Waals surface area contributed by atoms with Gasteiger partial charge in [0.15, 0.2) is 0 Å². The summed E-state index contributed by atoms with van der Waals surface area (Å²) in [5.74, 6) is 0.904. The number of nitrogens with one attached hydrogen (secondary N) is 1. The number of aromatic nitrogens is 2. The first kappa shape index (κ1) is 17.1. The highest BCUT2D eigenvalue weighted by Crippen LogP contribution is 2.12. The van der Waals surface area contributed by atoms with Crippen LogP contribution in [0.2, 0.25) is 0 Å². The zero-order valence-corrected chi connectivity index (χ0v) is 13.5. The molecule has 0 radical (unpaired) electrons. The fourth-order valence-electron chi connectivity index (χ4n) is 2.28. The van der Waals surface area contributed by atoms with E-state index in [1.807, 2.05) is 6.92 Å². The zero-order valence-electron chi connectivity index (χ0n) is 13.5. The quantitative estimate of drug-likeness (QED) is 0.669. The molecule has 1 rings (SSSR count). The summed E-state index contributed by atoms with van der Waals surface area (Å²) in [5, 5.41) is 3.43. The third-order valence-corrected chi connectivity index (χ3v) is 3.35. The van der Waals surface area contributed by atoms with Crippen LogP contribution in [0.25, 0.3) is 0 Å². The average molecular weight is 279 g/mol. The summed E-state index contributed by atoms with van der Waals surface area (Å²) in [6.07, 6.45) is 4.19. The molecule has 0 bridgehead atoms. The lowest BCUT2D eigenvalue weighted by molar-refractivity contribution is 0.149. The maximum Gasteiger partial charge on any atom is 0.131 e. The molecular weight excluding hydrogens is 250 g/mol. The van der Waals surface area contributed by atoms with Gasteiger partial charge in [-0.05, 0) is 58.7 Å². The topological polar surface area (TPSA) is 47.0 Å². The monoisotopic (exact) mass is 279 g/mol. The fourth-order valence-corrected chi connectivity index (χ4v) is 2.28. The van der Waals surface area contributed by atoms with Crippen molar-refractivity contribution in [3.8, 4) is 0 Å². The van der Waals surface area contributed by atoms with Crippen molar-refractivity contribution in [2.24, 2.45) is 0 Å². The second-order valence-electron chi connectivity index (χ2n) is 5.09. The summed E-state index contributed by atoms with van der Waals surface area (Å²) in [7, 11) is 0. The van der Waals surface area contributed by atoms with Crippen LogP contribution in [0.5, 0.6) is 0 Å². The van der Waals surface area contributed by atoms with E-state index in [9.17, 15) is 0 Å². The van der Waals surface area contributed by atoms with Crippen LogP contribution in [0.4, 0.5) is 0 Å².